The molecule has 18 heavy (non-hydrogen) atoms. The molecule has 0 saturated heterocycles. The van der Waals surface area contributed by atoms with Gasteiger partial charge in [-0.25, -0.2) is 0 Å². The molecule has 1 aliphatic carbocycles. The first-order valence-corrected chi connectivity index (χ1v) is 6.67. The van der Waals surface area contributed by atoms with E-state index in [2.05, 4.69) is 17.2 Å². The van der Waals surface area contributed by atoms with Crippen LogP contribution in [0.1, 0.15) is 49.5 Å². The van der Waals surface area contributed by atoms with Gasteiger partial charge in [0.25, 0.3) is 5.91 Å². The largest absolute Gasteiger partial charge is 0.399 e. The van der Waals surface area contributed by atoms with Crippen LogP contribution < -0.4 is 11.1 Å². The topological polar surface area (TPSA) is 68.0 Å². The van der Waals surface area contributed by atoms with Crippen molar-refractivity contribution in [2.24, 2.45) is 5.92 Å². The zero-order valence-corrected chi connectivity index (χ0v) is 10.9. The molecule has 1 aliphatic rings. The van der Waals surface area contributed by atoms with E-state index in [1.807, 2.05) is 0 Å². The second kappa shape index (κ2) is 5.85. The Balaban J connectivity index is 1.94. The third-order valence-corrected chi connectivity index (χ3v) is 3.61. The quantitative estimate of drug-likeness (QED) is 0.788. The van der Waals surface area contributed by atoms with Crippen molar-refractivity contribution in [3.05, 3.63) is 24.0 Å². The normalized spacial score (nSPS) is 24.3. The van der Waals surface area contributed by atoms with Crippen LogP contribution in [0.4, 0.5) is 5.69 Å². The van der Waals surface area contributed by atoms with Crippen molar-refractivity contribution in [1.82, 2.24) is 10.3 Å². The molecule has 1 amide bonds. The zero-order valence-electron chi connectivity index (χ0n) is 10.9. The lowest BCUT2D eigenvalue weighted by Crippen LogP contribution is -2.34. The van der Waals surface area contributed by atoms with Crippen LogP contribution in [-0.4, -0.2) is 16.9 Å². The van der Waals surface area contributed by atoms with Gasteiger partial charge < -0.3 is 11.1 Å². The Bertz CT molecular complexity index is 419. The maximum atomic E-state index is 12.0. The molecule has 1 fully saturated rings. The average molecular weight is 247 g/mol. The van der Waals surface area contributed by atoms with E-state index < -0.39 is 0 Å². The van der Waals surface area contributed by atoms with Crippen molar-refractivity contribution in [1.29, 1.82) is 0 Å². The van der Waals surface area contributed by atoms with Crippen LogP contribution in [0.2, 0.25) is 0 Å². The monoisotopic (exact) mass is 247 g/mol. The predicted octanol–water partition coefficient (Wildman–Crippen LogP) is 2.36. The van der Waals surface area contributed by atoms with Gasteiger partial charge in [0.2, 0.25) is 0 Å². The maximum Gasteiger partial charge on any atom is 0.270 e. The number of hydrogen-bond acceptors (Lipinski definition) is 3. The molecule has 1 saturated carbocycles. The Morgan fingerprint density at radius 1 is 1.39 bits per heavy atom. The van der Waals surface area contributed by atoms with Gasteiger partial charge in [0.15, 0.2) is 0 Å². The summed E-state index contributed by atoms with van der Waals surface area (Å²) < 4.78 is 0. The summed E-state index contributed by atoms with van der Waals surface area (Å²) in [6.07, 6.45) is 7.35. The summed E-state index contributed by atoms with van der Waals surface area (Å²) in [6, 6.07) is 3.59. The van der Waals surface area contributed by atoms with Gasteiger partial charge in [0, 0.05) is 17.9 Å². The Morgan fingerprint density at radius 2 is 2.22 bits per heavy atom. The molecule has 0 radical (unpaired) electrons. The first kappa shape index (κ1) is 12.9. The lowest BCUT2D eigenvalue weighted by Gasteiger charge is -2.16. The van der Waals surface area contributed by atoms with E-state index in [0.29, 0.717) is 11.4 Å². The van der Waals surface area contributed by atoms with E-state index in [-0.39, 0.29) is 11.9 Å². The van der Waals surface area contributed by atoms with Crippen LogP contribution in [0.5, 0.6) is 0 Å². The molecular formula is C14H21N3O. The van der Waals surface area contributed by atoms with Crippen LogP contribution in [0.25, 0.3) is 0 Å². The third-order valence-electron chi connectivity index (χ3n) is 3.61. The fourth-order valence-electron chi connectivity index (χ4n) is 2.46. The molecule has 4 nitrogen and oxygen atoms in total. The van der Waals surface area contributed by atoms with Crippen LogP contribution in [0.15, 0.2) is 18.3 Å². The number of rotatable bonds is 2. The summed E-state index contributed by atoms with van der Waals surface area (Å²) in [4.78, 5) is 16.1. The molecule has 98 valence electrons. The van der Waals surface area contributed by atoms with E-state index in [1.54, 1.807) is 18.3 Å². The van der Waals surface area contributed by atoms with Gasteiger partial charge in [-0.3, -0.25) is 9.78 Å². The third kappa shape index (κ3) is 3.45. The minimum Gasteiger partial charge on any atom is -0.399 e. The number of nitrogens with zero attached hydrogens (tertiary/aromatic N) is 1. The second-order valence-corrected chi connectivity index (χ2v) is 5.26. The van der Waals surface area contributed by atoms with Crippen LogP contribution in [0.3, 0.4) is 0 Å². The van der Waals surface area contributed by atoms with Crippen molar-refractivity contribution < 1.29 is 4.79 Å². The maximum absolute atomic E-state index is 12.0. The fraction of sp³-hybridized carbons (Fsp3) is 0.571. The molecule has 3 N–H and O–H groups in total. The Labute approximate surface area is 108 Å². The number of carbonyl (C=O) groups excluding carboxylic acids is 1. The van der Waals surface area contributed by atoms with Crippen LogP contribution in [0, 0.1) is 5.92 Å². The van der Waals surface area contributed by atoms with Gasteiger partial charge in [0.1, 0.15) is 5.69 Å². The van der Waals surface area contributed by atoms with E-state index in [9.17, 15) is 4.79 Å². The first-order valence-electron chi connectivity index (χ1n) is 6.67. The number of aromatic nitrogens is 1. The van der Waals surface area contributed by atoms with Crippen molar-refractivity contribution in [2.75, 3.05) is 5.73 Å². The second-order valence-electron chi connectivity index (χ2n) is 5.26. The summed E-state index contributed by atoms with van der Waals surface area (Å²) in [5, 5.41) is 3.07. The highest BCUT2D eigenvalue weighted by Gasteiger charge is 2.19. The summed E-state index contributed by atoms with van der Waals surface area (Å²) >= 11 is 0. The molecule has 2 atom stereocenters. The van der Waals surface area contributed by atoms with Gasteiger partial charge in [0.05, 0.1) is 0 Å². The average Bonchev–Trinajstić information content (AvgIpc) is 2.54. The number of nitrogens with two attached hydrogens (primary N) is 1. The predicted molar refractivity (Wildman–Crippen MR) is 72.2 cm³/mol. The number of nitrogens with one attached hydrogen (secondary N) is 1. The highest BCUT2D eigenvalue weighted by atomic mass is 16.1. The molecule has 1 aromatic rings. The SMILES string of the molecule is CC1CCCC(NC(=O)c2cc(N)ccn2)CC1. The smallest absolute Gasteiger partial charge is 0.270 e. The highest BCUT2D eigenvalue weighted by molar-refractivity contribution is 5.93. The van der Waals surface area contributed by atoms with E-state index >= 15 is 0 Å². The molecule has 4 heteroatoms. The molecular weight excluding hydrogens is 226 g/mol. The van der Waals surface area contributed by atoms with Crippen molar-refractivity contribution in [3.8, 4) is 0 Å². The van der Waals surface area contributed by atoms with Gasteiger partial charge in [-0.1, -0.05) is 19.8 Å². The highest BCUT2D eigenvalue weighted by Crippen LogP contribution is 2.22. The molecule has 1 heterocycles. The summed E-state index contributed by atoms with van der Waals surface area (Å²) in [7, 11) is 0. The van der Waals surface area contributed by atoms with E-state index in [0.717, 1.165) is 18.8 Å². The van der Waals surface area contributed by atoms with E-state index in [1.165, 1.54) is 19.3 Å². The number of carbonyl (C=O) groups is 1. The van der Waals surface area contributed by atoms with E-state index in [4.69, 9.17) is 5.73 Å². The van der Waals surface area contributed by atoms with Crippen molar-refractivity contribution in [2.45, 2.75) is 45.1 Å². The van der Waals surface area contributed by atoms with Gasteiger partial charge in [-0.2, -0.15) is 0 Å². The summed E-state index contributed by atoms with van der Waals surface area (Å²) in [5.74, 6) is 0.666. The lowest BCUT2D eigenvalue weighted by atomic mass is 10.0. The van der Waals surface area contributed by atoms with Gasteiger partial charge in [-0.05, 0) is 37.3 Å². The fourth-order valence-corrected chi connectivity index (χ4v) is 2.46. The standard InChI is InChI=1S/C14H21N3O/c1-10-3-2-4-12(6-5-10)17-14(18)13-9-11(15)7-8-16-13/h7-10,12H,2-6H2,1H3,(H2,15,16)(H,17,18). The Kier molecular flexibility index (Phi) is 4.18. The van der Waals surface area contributed by atoms with Gasteiger partial charge in [-0.15, -0.1) is 0 Å². The molecule has 0 aromatic carbocycles. The zero-order chi connectivity index (χ0) is 13.0. The van der Waals surface area contributed by atoms with Crippen molar-refractivity contribution >= 4 is 11.6 Å². The number of amides is 1. The minimum atomic E-state index is -0.109. The number of pyridine rings is 1. The number of hydrogen-bond donors (Lipinski definition) is 2. The lowest BCUT2D eigenvalue weighted by molar-refractivity contribution is 0.0928. The molecule has 0 aliphatic heterocycles. The Morgan fingerprint density at radius 3 is 3.00 bits per heavy atom. The minimum absolute atomic E-state index is 0.109. The molecule has 2 unspecified atom stereocenters. The first-order chi connectivity index (χ1) is 8.65. The number of nitrogen functional groups attached to an aromatic ring is 1. The summed E-state index contributed by atoms with van der Waals surface area (Å²) in [6.45, 7) is 2.28. The summed E-state index contributed by atoms with van der Waals surface area (Å²) in [5.41, 5.74) is 6.64. The Hall–Kier alpha value is -1.58. The molecule has 1 aromatic heterocycles. The van der Waals surface area contributed by atoms with Crippen LogP contribution >= 0.6 is 0 Å². The molecule has 0 bridgehead atoms. The van der Waals surface area contributed by atoms with Gasteiger partial charge >= 0.3 is 0 Å². The molecule has 2 rings (SSSR count). The number of anilines is 1. The molecule has 0 spiro atoms. The van der Waals surface area contributed by atoms with Crippen molar-refractivity contribution in [3.63, 3.8) is 0 Å². The van der Waals surface area contributed by atoms with Crippen LogP contribution in [-0.2, 0) is 0 Å².